The number of hydrogen-bond donors (Lipinski definition) is 1. The van der Waals surface area contributed by atoms with Crippen LogP contribution >= 0.6 is 34.8 Å². The number of ether oxygens (including phenoxy) is 1. The molecule has 0 atom stereocenters. The summed E-state index contributed by atoms with van der Waals surface area (Å²) in [5, 5.41) is 1.61. The van der Waals surface area contributed by atoms with Crippen molar-refractivity contribution in [1.29, 1.82) is 0 Å². The van der Waals surface area contributed by atoms with Gasteiger partial charge in [0.25, 0.3) is 0 Å². The third-order valence-electron chi connectivity index (χ3n) is 2.80. The highest BCUT2D eigenvalue weighted by Crippen LogP contribution is 2.39. The number of hydrogen-bond acceptors (Lipinski definition) is 2. The zero-order valence-electron chi connectivity index (χ0n) is 10.2. The quantitative estimate of drug-likeness (QED) is 0.884. The molecular weight excluding hydrogens is 305 g/mol. The molecule has 2 N–H and O–H groups in total. The van der Waals surface area contributed by atoms with Gasteiger partial charge in [0.1, 0.15) is 5.75 Å². The Bertz CT molecular complexity index is 614. The SMILES string of the molecule is COc1cc(Cl)c(-c2ccc(CN)cc2Cl)cc1Cl. The molecule has 0 aliphatic rings. The summed E-state index contributed by atoms with van der Waals surface area (Å²) >= 11 is 18.6. The summed E-state index contributed by atoms with van der Waals surface area (Å²) < 4.78 is 5.12. The molecule has 0 saturated carbocycles. The lowest BCUT2D eigenvalue weighted by atomic mass is 10.0. The van der Waals surface area contributed by atoms with Crippen molar-refractivity contribution in [2.24, 2.45) is 5.73 Å². The molecule has 2 rings (SSSR count). The molecule has 0 saturated heterocycles. The second-order valence-corrected chi connectivity index (χ2v) is 5.21. The fourth-order valence-corrected chi connectivity index (χ4v) is 2.60. The van der Waals surface area contributed by atoms with Crippen LogP contribution in [0.15, 0.2) is 30.3 Å². The van der Waals surface area contributed by atoms with Crippen LogP contribution < -0.4 is 10.5 Å². The smallest absolute Gasteiger partial charge is 0.138 e. The Morgan fingerprint density at radius 3 is 2.21 bits per heavy atom. The van der Waals surface area contributed by atoms with E-state index in [2.05, 4.69) is 0 Å². The number of rotatable bonds is 3. The molecule has 0 fully saturated rings. The molecule has 0 unspecified atom stereocenters. The lowest BCUT2D eigenvalue weighted by Crippen LogP contribution is -1.96. The minimum absolute atomic E-state index is 0.442. The summed E-state index contributed by atoms with van der Waals surface area (Å²) in [6, 6.07) is 9.04. The van der Waals surface area contributed by atoms with E-state index >= 15 is 0 Å². The van der Waals surface area contributed by atoms with E-state index in [1.54, 1.807) is 19.2 Å². The van der Waals surface area contributed by atoms with Crippen LogP contribution in [0.5, 0.6) is 5.75 Å². The fourth-order valence-electron chi connectivity index (χ4n) is 1.80. The maximum atomic E-state index is 6.25. The summed E-state index contributed by atoms with van der Waals surface area (Å²) in [5.41, 5.74) is 8.12. The zero-order chi connectivity index (χ0) is 14.0. The van der Waals surface area contributed by atoms with Crippen molar-refractivity contribution < 1.29 is 4.74 Å². The fraction of sp³-hybridized carbons (Fsp3) is 0.143. The van der Waals surface area contributed by atoms with E-state index < -0.39 is 0 Å². The van der Waals surface area contributed by atoms with Gasteiger partial charge in [0.15, 0.2) is 0 Å². The third kappa shape index (κ3) is 2.98. The predicted molar refractivity (Wildman–Crippen MR) is 81.4 cm³/mol. The van der Waals surface area contributed by atoms with Gasteiger partial charge < -0.3 is 10.5 Å². The van der Waals surface area contributed by atoms with Crippen LogP contribution in [-0.2, 0) is 6.54 Å². The molecule has 2 nitrogen and oxygen atoms in total. The van der Waals surface area contributed by atoms with Gasteiger partial charge in [0.05, 0.1) is 17.2 Å². The molecule has 0 radical (unpaired) electrons. The van der Waals surface area contributed by atoms with Crippen LogP contribution in [0.2, 0.25) is 15.1 Å². The Hall–Kier alpha value is -0.930. The van der Waals surface area contributed by atoms with Gasteiger partial charge in [0, 0.05) is 28.8 Å². The average Bonchev–Trinajstić information content (AvgIpc) is 2.41. The van der Waals surface area contributed by atoms with Crippen molar-refractivity contribution in [2.45, 2.75) is 6.54 Å². The van der Waals surface area contributed by atoms with Gasteiger partial charge >= 0.3 is 0 Å². The topological polar surface area (TPSA) is 35.2 Å². The summed E-state index contributed by atoms with van der Waals surface area (Å²) in [5.74, 6) is 0.533. The predicted octanol–water partition coefficient (Wildman–Crippen LogP) is 4.78. The lowest BCUT2D eigenvalue weighted by molar-refractivity contribution is 0.415. The van der Waals surface area contributed by atoms with Crippen molar-refractivity contribution in [3.8, 4) is 16.9 Å². The molecular formula is C14H12Cl3NO. The number of benzene rings is 2. The molecule has 2 aromatic carbocycles. The van der Waals surface area contributed by atoms with Crippen LogP contribution in [0.3, 0.4) is 0 Å². The molecule has 0 aromatic heterocycles. The summed E-state index contributed by atoms with van der Waals surface area (Å²) in [6.07, 6.45) is 0. The van der Waals surface area contributed by atoms with E-state index in [1.807, 2.05) is 18.2 Å². The maximum absolute atomic E-state index is 6.25. The minimum atomic E-state index is 0.442. The average molecular weight is 317 g/mol. The molecule has 0 aliphatic heterocycles. The van der Waals surface area contributed by atoms with Gasteiger partial charge in [-0.1, -0.05) is 46.9 Å². The van der Waals surface area contributed by atoms with Crippen molar-refractivity contribution >= 4 is 34.8 Å². The highest BCUT2D eigenvalue weighted by molar-refractivity contribution is 6.38. The lowest BCUT2D eigenvalue weighted by Gasteiger charge is -2.11. The van der Waals surface area contributed by atoms with Crippen molar-refractivity contribution in [3.63, 3.8) is 0 Å². The van der Waals surface area contributed by atoms with Gasteiger partial charge in [0.2, 0.25) is 0 Å². The molecule has 19 heavy (non-hydrogen) atoms. The largest absolute Gasteiger partial charge is 0.495 e. The Labute approximate surface area is 127 Å². The standard InChI is InChI=1S/C14H12Cl3NO/c1-19-14-6-12(16)10(5-13(14)17)9-3-2-8(7-18)4-11(9)15/h2-6H,7,18H2,1H3. The molecule has 0 heterocycles. The normalized spacial score (nSPS) is 10.6. The summed E-state index contributed by atoms with van der Waals surface area (Å²) in [7, 11) is 1.54. The first-order chi connectivity index (χ1) is 9.06. The first-order valence-corrected chi connectivity index (χ1v) is 6.72. The van der Waals surface area contributed by atoms with E-state index in [0.29, 0.717) is 27.4 Å². The Morgan fingerprint density at radius 1 is 0.947 bits per heavy atom. The van der Waals surface area contributed by atoms with Gasteiger partial charge in [-0.25, -0.2) is 0 Å². The van der Waals surface area contributed by atoms with Crippen molar-refractivity contribution in [2.75, 3.05) is 7.11 Å². The zero-order valence-corrected chi connectivity index (χ0v) is 12.5. The molecule has 2 aromatic rings. The number of halogens is 3. The van der Waals surface area contributed by atoms with E-state index in [1.165, 1.54) is 0 Å². The second kappa shape index (κ2) is 6.02. The monoisotopic (exact) mass is 315 g/mol. The molecule has 0 spiro atoms. The number of nitrogens with two attached hydrogens (primary N) is 1. The molecule has 5 heteroatoms. The number of methoxy groups -OCH3 is 1. The maximum Gasteiger partial charge on any atom is 0.138 e. The first kappa shape index (κ1) is 14.5. The Kier molecular flexibility index (Phi) is 4.58. The minimum Gasteiger partial charge on any atom is -0.495 e. The van der Waals surface area contributed by atoms with Crippen LogP contribution in [0.1, 0.15) is 5.56 Å². The van der Waals surface area contributed by atoms with E-state index in [0.717, 1.165) is 16.7 Å². The van der Waals surface area contributed by atoms with Gasteiger partial charge in [-0.2, -0.15) is 0 Å². The molecule has 0 aliphatic carbocycles. The van der Waals surface area contributed by atoms with Crippen LogP contribution in [-0.4, -0.2) is 7.11 Å². The van der Waals surface area contributed by atoms with E-state index in [-0.39, 0.29) is 0 Å². The van der Waals surface area contributed by atoms with Gasteiger partial charge in [-0.05, 0) is 17.7 Å². The Morgan fingerprint density at radius 2 is 1.63 bits per heavy atom. The third-order valence-corrected chi connectivity index (χ3v) is 3.72. The summed E-state index contributed by atoms with van der Waals surface area (Å²) in [4.78, 5) is 0. The van der Waals surface area contributed by atoms with Crippen LogP contribution in [0, 0.1) is 0 Å². The van der Waals surface area contributed by atoms with E-state index in [9.17, 15) is 0 Å². The Balaban J connectivity index is 2.56. The molecule has 0 amide bonds. The highest BCUT2D eigenvalue weighted by Gasteiger charge is 2.12. The second-order valence-electron chi connectivity index (χ2n) is 3.98. The molecule has 100 valence electrons. The molecule has 0 bridgehead atoms. The van der Waals surface area contributed by atoms with Crippen molar-refractivity contribution in [1.82, 2.24) is 0 Å². The van der Waals surface area contributed by atoms with Crippen molar-refractivity contribution in [3.05, 3.63) is 51.0 Å². The summed E-state index contributed by atoms with van der Waals surface area (Å²) in [6.45, 7) is 0.442. The van der Waals surface area contributed by atoms with Crippen LogP contribution in [0.4, 0.5) is 0 Å². The van der Waals surface area contributed by atoms with Gasteiger partial charge in [-0.15, -0.1) is 0 Å². The highest BCUT2D eigenvalue weighted by atomic mass is 35.5. The van der Waals surface area contributed by atoms with E-state index in [4.69, 9.17) is 45.3 Å². The first-order valence-electron chi connectivity index (χ1n) is 5.58. The van der Waals surface area contributed by atoms with Gasteiger partial charge in [-0.3, -0.25) is 0 Å². The van der Waals surface area contributed by atoms with Crippen LogP contribution in [0.25, 0.3) is 11.1 Å².